The Kier molecular flexibility index (Phi) is 5.60. The molecule has 3 aromatic rings. The molecule has 0 radical (unpaired) electrons. The van der Waals surface area contributed by atoms with Gasteiger partial charge in [-0.25, -0.2) is 9.59 Å². The average molecular weight is 378 g/mol. The Morgan fingerprint density at radius 1 is 0.750 bits per heavy atom. The molecule has 0 atom stereocenters. The van der Waals surface area contributed by atoms with Gasteiger partial charge in [0.1, 0.15) is 23.0 Å². The zero-order valence-corrected chi connectivity index (χ0v) is 15.1. The fourth-order valence-corrected chi connectivity index (χ4v) is 2.51. The molecule has 0 heterocycles. The van der Waals surface area contributed by atoms with Crippen molar-refractivity contribution in [3.05, 3.63) is 83.4 Å². The van der Waals surface area contributed by atoms with Gasteiger partial charge in [-0.1, -0.05) is 6.92 Å². The lowest BCUT2D eigenvalue weighted by atomic mass is 10.1. The molecule has 6 nitrogen and oxygen atoms in total. The van der Waals surface area contributed by atoms with Gasteiger partial charge in [0.15, 0.2) is 0 Å². The quantitative estimate of drug-likeness (QED) is 0.513. The van der Waals surface area contributed by atoms with E-state index < -0.39 is 11.9 Å². The molecular weight excluding hydrogens is 360 g/mol. The van der Waals surface area contributed by atoms with Crippen LogP contribution in [0.25, 0.3) is 0 Å². The van der Waals surface area contributed by atoms with Gasteiger partial charge in [0.05, 0.1) is 11.1 Å². The lowest BCUT2D eigenvalue weighted by Gasteiger charge is -2.11. The van der Waals surface area contributed by atoms with Crippen LogP contribution in [0, 0.1) is 0 Å². The highest BCUT2D eigenvalue weighted by Crippen LogP contribution is 2.26. The van der Waals surface area contributed by atoms with E-state index in [4.69, 9.17) is 9.47 Å². The lowest BCUT2D eigenvalue weighted by Crippen LogP contribution is -2.11. The fourth-order valence-electron chi connectivity index (χ4n) is 2.51. The van der Waals surface area contributed by atoms with Gasteiger partial charge in [0, 0.05) is 0 Å². The Bertz CT molecular complexity index is 991. The van der Waals surface area contributed by atoms with Gasteiger partial charge >= 0.3 is 11.9 Å². The van der Waals surface area contributed by atoms with Crippen molar-refractivity contribution in [2.45, 2.75) is 13.3 Å². The average Bonchev–Trinajstić information content (AvgIpc) is 2.70. The van der Waals surface area contributed by atoms with Crippen LogP contribution >= 0.6 is 0 Å². The predicted octanol–water partition coefficient (Wildman–Crippen LogP) is 4.10. The van der Waals surface area contributed by atoms with E-state index in [0.717, 1.165) is 0 Å². The van der Waals surface area contributed by atoms with Crippen molar-refractivity contribution in [1.82, 2.24) is 0 Å². The largest absolute Gasteiger partial charge is 0.508 e. The summed E-state index contributed by atoms with van der Waals surface area (Å²) in [5.41, 5.74) is 1.31. The van der Waals surface area contributed by atoms with E-state index in [2.05, 4.69) is 0 Å². The van der Waals surface area contributed by atoms with E-state index in [1.54, 1.807) is 12.1 Å². The number of rotatable bonds is 5. The number of aryl methyl sites for hydroxylation is 1. The number of carbonyl (C=O) groups is 2. The van der Waals surface area contributed by atoms with Crippen molar-refractivity contribution in [2.75, 3.05) is 0 Å². The smallest absolute Gasteiger partial charge is 0.343 e. The summed E-state index contributed by atoms with van der Waals surface area (Å²) in [6.07, 6.45) is 0.558. The SMILES string of the molecule is CCc1cc(OC(=O)c2ccc(O)cc2)ccc1OC(=O)c1ccc(O)cc1. The Morgan fingerprint density at radius 3 is 1.75 bits per heavy atom. The number of hydrogen-bond donors (Lipinski definition) is 2. The first-order chi connectivity index (χ1) is 13.5. The van der Waals surface area contributed by atoms with Crippen molar-refractivity contribution < 1.29 is 29.3 Å². The number of aromatic hydroxyl groups is 2. The Hall–Kier alpha value is -3.80. The number of phenolic OH excluding ortho intramolecular Hbond substituents is 2. The summed E-state index contributed by atoms with van der Waals surface area (Å²) in [4.78, 5) is 24.4. The van der Waals surface area contributed by atoms with Crippen LogP contribution in [-0.4, -0.2) is 22.2 Å². The first-order valence-electron chi connectivity index (χ1n) is 8.61. The molecule has 0 aliphatic rings. The zero-order chi connectivity index (χ0) is 20.1. The second-order valence-electron chi connectivity index (χ2n) is 6.00. The van der Waals surface area contributed by atoms with Crippen molar-refractivity contribution in [1.29, 1.82) is 0 Å². The van der Waals surface area contributed by atoms with Gasteiger partial charge in [-0.05, 0) is 78.7 Å². The van der Waals surface area contributed by atoms with E-state index in [1.807, 2.05) is 6.92 Å². The van der Waals surface area contributed by atoms with Gasteiger partial charge in [-0.15, -0.1) is 0 Å². The highest BCUT2D eigenvalue weighted by Gasteiger charge is 2.14. The molecule has 28 heavy (non-hydrogen) atoms. The highest BCUT2D eigenvalue weighted by molar-refractivity contribution is 5.92. The highest BCUT2D eigenvalue weighted by atomic mass is 16.5. The van der Waals surface area contributed by atoms with E-state index in [1.165, 1.54) is 54.6 Å². The molecule has 0 unspecified atom stereocenters. The molecule has 0 saturated heterocycles. The van der Waals surface area contributed by atoms with Crippen LogP contribution < -0.4 is 9.47 Å². The number of benzene rings is 3. The van der Waals surface area contributed by atoms with Crippen LogP contribution in [0.15, 0.2) is 66.7 Å². The molecule has 0 saturated carbocycles. The number of carbonyl (C=O) groups excluding carboxylic acids is 2. The van der Waals surface area contributed by atoms with Gasteiger partial charge in [-0.3, -0.25) is 0 Å². The minimum absolute atomic E-state index is 0.0598. The summed E-state index contributed by atoms with van der Waals surface area (Å²) in [6.45, 7) is 1.89. The van der Waals surface area contributed by atoms with Crippen LogP contribution in [0.4, 0.5) is 0 Å². The van der Waals surface area contributed by atoms with E-state index >= 15 is 0 Å². The van der Waals surface area contributed by atoms with Gasteiger partial charge < -0.3 is 19.7 Å². The van der Waals surface area contributed by atoms with Crippen molar-refractivity contribution >= 4 is 11.9 Å². The molecule has 0 aliphatic carbocycles. The third-order valence-corrected chi connectivity index (χ3v) is 4.03. The van der Waals surface area contributed by atoms with Crippen LogP contribution in [0.5, 0.6) is 23.0 Å². The van der Waals surface area contributed by atoms with Gasteiger partial charge in [-0.2, -0.15) is 0 Å². The molecule has 3 rings (SSSR count). The van der Waals surface area contributed by atoms with Crippen LogP contribution in [0.1, 0.15) is 33.2 Å². The second kappa shape index (κ2) is 8.26. The number of hydrogen-bond acceptors (Lipinski definition) is 6. The summed E-state index contributed by atoms with van der Waals surface area (Å²) in [5.74, 6) is -0.306. The summed E-state index contributed by atoms with van der Waals surface area (Å²) in [6, 6.07) is 16.2. The Labute approximate surface area is 161 Å². The van der Waals surface area contributed by atoms with Crippen molar-refractivity contribution in [3.63, 3.8) is 0 Å². The first-order valence-corrected chi connectivity index (χ1v) is 8.61. The Balaban J connectivity index is 1.74. The first kappa shape index (κ1) is 19.0. The molecule has 0 aromatic heterocycles. The van der Waals surface area contributed by atoms with Crippen LogP contribution in [-0.2, 0) is 6.42 Å². The molecule has 0 fully saturated rings. The van der Waals surface area contributed by atoms with E-state index in [9.17, 15) is 19.8 Å². The van der Waals surface area contributed by atoms with Crippen molar-refractivity contribution in [2.24, 2.45) is 0 Å². The van der Waals surface area contributed by atoms with Crippen LogP contribution in [0.2, 0.25) is 0 Å². The summed E-state index contributed by atoms with van der Waals surface area (Å²) >= 11 is 0. The molecule has 0 spiro atoms. The predicted molar refractivity (Wildman–Crippen MR) is 102 cm³/mol. The normalized spacial score (nSPS) is 10.3. The summed E-state index contributed by atoms with van der Waals surface area (Å²) in [7, 11) is 0. The number of esters is 2. The maximum atomic E-state index is 12.3. The standard InChI is InChI=1S/C22H18O6/c1-2-14-13-19(27-21(25)15-3-7-17(23)8-4-15)11-12-20(14)28-22(26)16-5-9-18(24)10-6-16/h3-13,23-24H,2H2,1H3. The molecule has 0 amide bonds. The molecular formula is C22H18O6. The molecule has 0 aliphatic heterocycles. The minimum Gasteiger partial charge on any atom is -0.508 e. The van der Waals surface area contributed by atoms with E-state index in [-0.39, 0.29) is 11.5 Å². The number of ether oxygens (including phenoxy) is 2. The molecule has 3 aromatic carbocycles. The monoisotopic (exact) mass is 378 g/mol. The summed E-state index contributed by atoms with van der Waals surface area (Å²) in [5, 5.41) is 18.6. The fraction of sp³-hybridized carbons (Fsp3) is 0.0909. The molecule has 2 N–H and O–H groups in total. The molecule has 6 heteroatoms. The van der Waals surface area contributed by atoms with Crippen LogP contribution in [0.3, 0.4) is 0 Å². The van der Waals surface area contributed by atoms with Gasteiger partial charge in [0.25, 0.3) is 0 Å². The summed E-state index contributed by atoms with van der Waals surface area (Å²) < 4.78 is 10.8. The minimum atomic E-state index is -0.559. The third-order valence-electron chi connectivity index (χ3n) is 4.03. The maximum Gasteiger partial charge on any atom is 0.343 e. The zero-order valence-electron chi connectivity index (χ0n) is 15.1. The van der Waals surface area contributed by atoms with Crippen molar-refractivity contribution in [3.8, 4) is 23.0 Å². The number of phenols is 2. The third kappa shape index (κ3) is 4.48. The van der Waals surface area contributed by atoms with E-state index in [0.29, 0.717) is 34.6 Å². The second-order valence-corrected chi connectivity index (χ2v) is 6.00. The Morgan fingerprint density at radius 2 is 1.25 bits per heavy atom. The molecule has 142 valence electrons. The van der Waals surface area contributed by atoms with Gasteiger partial charge in [0.2, 0.25) is 0 Å². The molecule has 0 bridgehead atoms. The topological polar surface area (TPSA) is 93.1 Å². The maximum absolute atomic E-state index is 12.3. The lowest BCUT2D eigenvalue weighted by molar-refractivity contribution is 0.0718.